The van der Waals surface area contributed by atoms with E-state index >= 15 is 0 Å². The first-order valence-electron chi connectivity index (χ1n) is 8.21. The van der Waals surface area contributed by atoms with E-state index < -0.39 is 0 Å². The van der Waals surface area contributed by atoms with Gasteiger partial charge in [0.2, 0.25) is 11.8 Å². The van der Waals surface area contributed by atoms with Crippen LogP contribution in [-0.2, 0) is 0 Å². The van der Waals surface area contributed by atoms with Crippen molar-refractivity contribution >= 4 is 5.95 Å². The van der Waals surface area contributed by atoms with Crippen LogP contribution in [-0.4, -0.2) is 51.7 Å². The van der Waals surface area contributed by atoms with Crippen molar-refractivity contribution in [2.24, 2.45) is 0 Å². The summed E-state index contributed by atoms with van der Waals surface area (Å²) in [5, 5.41) is 4.15. The number of hydrogen-bond donors (Lipinski definition) is 0. The highest BCUT2D eigenvalue weighted by Gasteiger charge is 2.34. The highest BCUT2D eigenvalue weighted by Crippen LogP contribution is 2.39. The lowest BCUT2D eigenvalue weighted by atomic mass is 10.2. The van der Waals surface area contributed by atoms with Gasteiger partial charge in [-0.1, -0.05) is 5.16 Å². The van der Waals surface area contributed by atoms with E-state index in [4.69, 9.17) is 4.52 Å². The van der Waals surface area contributed by atoms with Crippen LogP contribution in [0.5, 0.6) is 0 Å². The van der Waals surface area contributed by atoms with Crippen LogP contribution < -0.4 is 4.90 Å². The molecular formula is C16H22N6O. The summed E-state index contributed by atoms with van der Waals surface area (Å²) in [6.07, 6.45) is 4.26. The van der Waals surface area contributed by atoms with E-state index in [1.807, 2.05) is 20.0 Å². The normalized spacial score (nSPS) is 22.6. The largest absolute Gasteiger partial charge is 0.338 e. The van der Waals surface area contributed by atoms with Crippen LogP contribution in [0.25, 0.3) is 0 Å². The molecule has 2 aliphatic rings. The Morgan fingerprint density at radius 3 is 2.74 bits per heavy atom. The lowest BCUT2D eigenvalue weighted by Gasteiger charge is -2.37. The molecule has 0 aromatic carbocycles. The summed E-state index contributed by atoms with van der Waals surface area (Å²) in [4.78, 5) is 18.2. The fraction of sp³-hybridized carbons (Fsp3) is 0.625. The molecule has 2 aromatic rings. The van der Waals surface area contributed by atoms with Gasteiger partial charge in [0.05, 0.1) is 0 Å². The SMILES string of the molecule is Cc1cnc(N2CCN(C)[C@H](c3nc(C4CC4)no3)C2)nc1C. The molecule has 7 nitrogen and oxygen atoms in total. The molecule has 2 fully saturated rings. The molecule has 0 radical (unpaired) electrons. The Kier molecular flexibility index (Phi) is 3.52. The third-order valence-electron chi connectivity index (χ3n) is 4.83. The lowest BCUT2D eigenvalue weighted by molar-refractivity contribution is 0.177. The van der Waals surface area contributed by atoms with Gasteiger partial charge >= 0.3 is 0 Å². The van der Waals surface area contributed by atoms with Gasteiger partial charge in [-0.15, -0.1) is 0 Å². The van der Waals surface area contributed by atoms with Crippen molar-refractivity contribution < 1.29 is 4.52 Å². The number of nitrogens with zero attached hydrogens (tertiary/aromatic N) is 6. The van der Waals surface area contributed by atoms with Crippen molar-refractivity contribution in [2.45, 2.75) is 38.6 Å². The minimum Gasteiger partial charge on any atom is -0.338 e. The minimum atomic E-state index is 0.0916. The monoisotopic (exact) mass is 314 g/mol. The molecule has 1 saturated carbocycles. The summed E-state index contributed by atoms with van der Waals surface area (Å²) >= 11 is 0. The number of likely N-dealkylation sites (N-methyl/N-ethyl adjacent to an activating group) is 1. The molecular weight excluding hydrogens is 292 g/mol. The number of hydrogen-bond acceptors (Lipinski definition) is 7. The molecule has 122 valence electrons. The van der Waals surface area contributed by atoms with Crippen LogP contribution in [0.1, 0.15) is 47.8 Å². The molecule has 1 aliphatic carbocycles. The van der Waals surface area contributed by atoms with Gasteiger partial charge in [-0.3, -0.25) is 4.90 Å². The molecule has 3 heterocycles. The minimum absolute atomic E-state index is 0.0916. The van der Waals surface area contributed by atoms with Crippen LogP contribution in [0, 0.1) is 13.8 Å². The molecule has 1 saturated heterocycles. The molecule has 0 amide bonds. The number of aryl methyl sites for hydroxylation is 2. The third-order valence-corrected chi connectivity index (χ3v) is 4.83. The Labute approximate surface area is 135 Å². The first-order valence-corrected chi connectivity index (χ1v) is 8.21. The number of anilines is 1. The van der Waals surface area contributed by atoms with Gasteiger partial charge in [-0.2, -0.15) is 4.98 Å². The Balaban J connectivity index is 1.55. The number of piperazine rings is 1. The van der Waals surface area contributed by atoms with Crippen molar-refractivity contribution in [2.75, 3.05) is 31.6 Å². The van der Waals surface area contributed by atoms with Crippen LogP contribution in [0.2, 0.25) is 0 Å². The molecule has 0 unspecified atom stereocenters. The highest BCUT2D eigenvalue weighted by atomic mass is 16.5. The standard InChI is InChI=1S/C16H22N6O/c1-10-8-17-16(18-11(10)2)22-7-6-21(3)13(9-22)15-19-14(20-23-15)12-4-5-12/h8,12-13H,4-7,9H2,1-3H3/t13-/m0/s1. The van der Waals surface area contributed by atoms with E-state index in [-0.39, 0.29) is 6.04 Å². The summed E-state index contributed by atoms with van der Waals surface area (Å²) in [5.41, 5.74) is 2.14. The van der Waals surface area contributed by atoms with E-state index in [9.17, 15) is 0 Å². The van der Waals surface area contributed by atoms with E-state index in [1.165, 1.54) is 12.8 Å². The summed E-state index contributed by atoms with van der Waals surface area (Å²) in [7, 11) is 2.10. The van der Waals surface area contributed by atoms with Crippen molar-refractivity contribution in [1.29, 1.82) is 0 Å². The second-order valence-corrected chi connectivity index (χ2v) is 6.65. The maximum Gasteiger partial charge on any atom is 0.245 e. The van der Waals surface area contributed by atoms with Gasteiger partial charge in [-0.25, -0.2) is 9.97 Å². The summed E-state index contributed by atoms with van der Waals surface area (Å²) in [6, 6.07) is 0.0916. The van der Waals surface area contributed by atoms with Gasteiger partial charge in [0.25, 0.3) is 0 Å². The second-order valence-electron chi connectivity index (χ2n) is 6.65. The molecule has 4 rings (SSSR count). The zero-order chi connectivity index (χ0) is 16.0. The number of rotatable bonds is 3. The average molecular weight is 314 g/mol. The molecule has 7 heteroatoms. The molecule has 0 N–H and O–H groups in total. The van der Waals surface area contributed by atoms with Crippen molar-refractivity contribution in [3.05, 3.63) is 29.2 Å². The van der Waals surface area contributed by atoms with E-state index in [0.717, 1.165) is 42.7 Å². The Morgan fingerprint density at radius 2 is 2.00 bits per heavy atom. The Hall–Kier alpha value is -2.02. The van der Waals surface area contributed by atoms with E-state index in [2.05, 4.69) is 37.0 Å². The van der Waals surface area contributed by atoms with Crippen LogP contribution in [0.15, 0.2) is 10.7 Å². The zero-order valence-electron chi connectivity index (χ0n) is 13.9. The van der Waals surface area contributed by atoms with Gasteiger partial charge in [0.1, 0.15) is 6.04 Å². The van der Waals surface area contributed by atoms with E-state index in [1.54, 1.807) is 0 Å². The third kappa shape index (κ3) is 2.81. The smallest absolute Gasteiger partial charge is 0.245 e. The zero-order valence-corrected chi connectivity index (χ0v) is 13.9. The second kappa shape index (κ2) is 5.56. The van der Waals surface area contributed by atoms with Crippen molar-refractivity contribution in [3.63, 3.8) is 0 Å². The Bertz CT molecular complexity index is 710. The fourth-order valence-corrected chi connectivity index (χ4v) is 2.88. The summed E-state index contributed by atoms with van der Waals surface area (Å²) in [5.74, 6) is 2.88. The Morgan fingerprint density at radius 1 is 1.17 bits per heavy atom. The average Bonchev–Trinajstić information content (AvgIpc) is 3.28. The molecule has 0 spiro atoms. The fourth-order valence-electron chi connectivity index (χ4n) is 2.88. The van der Waals surface area contributed by atoms with Gasteiger partial charge in [0.15, 0.2) is 5.82 Å². The molecule has 0 bridgehead atoms. The predicted octanol–water partition coefficient (Wildman–Crippen LogP) is 1.85. The topological polar surface area (TPSA) is 71.2 Å². The summed E-state index contributed by atoms with van der Waals surface area (Å²) < 4.78 is 5.53. The van der Waals surface area contributed by atoms with Crippen LogP contribution >= 0.6 is 0 Å². The van der Waals surface area contributed by atoms with E-state index in [0.29, 0.717) is 11.8 Å². The van der Waals surface area contributed by atoms with Gasteiger partial charge in [0, 0.05) is 37.4 Å². The first-order chi connectivity index (χ1) is 11.1. The predicted molar refractivity (Wildman–Crippen MR) is 85.4 cm³/mol. The molecule has 1 aliphatic heterocycles. The molecule has 1 atom stereocenters. The maximum absolute atomic E-state index is 5.53. The van der Waals surface area contributed by atoms with Crippen LogP contribution in [0.4, 0.5) is 5.95 Å². The first kappa shape index (κ1) is 14.6. The van der Waals surface area contributed by atoms with Gasteiger partial charge < -0.3 is 9.42 Å². The maximum atomic E-state index is 5.53. The highest BCUT2D eigenvalue weighted by molar-refractivity contribution is 5.34. The number of aromatic nitrogens is 4. The van der Waals surface area contributed by atoms with Crippen molar-refractivity contribution in [3.8, 4) is 0 Å². The summed E-state index contributed by atoms with van der Waals surface area (Å²) in [6.45, 7) is 6.64. The van der Waals surface area contributed by atoms with Crippen LogP contribution in [0.3, 0.4) is 0 Å². The quantitative estimate of drug-likeness (QED) is 0.856. The lowest BCUT2D eigenvalue weighted by Crippen LogP contribution is -2.47. The van der Waals surface area contributed by atoms with Crippen molar-refractivity contribution in [1.82, 2.24) is 25.0 Å². The molecule has 2 aromatic heterocycles. The van der Waals surface area contributed by atoms with Gasteiger partial charge in [-0.05, 0) is 39.3 Å². The molecule has 23 heavy (non-hydrogen) atoms.